The summed E-state index contributed by atoms with van der Waals surface area (Å²) in [7, 11) is 1.62. The highest BCUT2D eigenvalue weighted by atomic mass is 16.5. The third kappa shape index (κ3) is 2.47. The van der Waals surface area contributed by atoms with Gasteiger partial charge in [0.15, 0.2) is 0 Å². The van der Waals surface area contributed by atoms with Gasteiger partial charge in [0.1, 0.15) is 6.04 Å². The van der Waals surface area contributed by atoms with Crippen molar-refractivity contribution in [2.75, 3.05) is 31.7 Å². The fraction of sp³-hybridized carbons (Fsp3) is 0.462. The number of amides is 1. The number of anilines is 1. The Labute approximate surface area is 106 Å². The van der Waals surface area contributed by atoms with Crippen LogP contribution >= 0.6 is 0 Å². The summed E-state index contributed by atoms with van der Waals surface area (Å²) in [6.45, 7) is 1.58. The Morgan fingerprint density at radius 2 is 2.33 bits per heavy atom. The molecule has 0 spiro atoms. The van der Waals surface area contributed by atoms with Crippen LogP contribution in [-0.2, 0) is 16.1 Å². The Morgan fingerprint density at radius 1 is 1.56 bits per heavy atom. The second-order valence-electron chi connectivity index (χ2n) is 4.19. The maximum absolute atomic E-state index is 11.9. The molecule has 1 unspecified atom stereocenters. The lowest BCUT2D eigenvalue weighted by Gasteiger charge is -2.37. The summed E-state index contributed by atoms with van der Waals surface area (Å²) in [6.07, 6.45) is 0. The lowest BCUT2D eigenvalue weighted by molar-refractivity contribution is -0.124. The van der Waals surface area contributed by atoms with E-state index in [-0.39, 0.29) is 18.6 Å². The second-order valence-corrected chi connectivity index (χ2v) is 4.19. The van der Waals surface area contributed by atoms with Crippen LogP contribution in [0.1, 0.15) is 5.56 Å². The molecule has 1 heterocycles. The van der Waals surface area contributed by atoms with E-state index in [9.17, 15) is 9.90 Å². The third-order valence-electron chi connectivity index (χ3n) is 3.15. The van der Waals surface area contributed by atoms with E-state index in [1.54, 1.807) is 7.05 Å². The maximum atomic E-state index is 11.9. The van der Waals surface area contributed by atoms with Gasteiger partial charge < -0.3 is 20.1 Å². The molecule has 2 rings (SSSR count). The van der Waals surface area contributed by atoms with Gasteiger partial charge in [0.05, 0.1) is 19.8 Å². The fourth-order valence-electron chi connectivity index (χ4n) is 2.20. The largest absolute Gasteiger partial charge is 0.392 e. The molecule has 1 aliphatic heterocycles. The van der Waals surface area contributed by atoms with Crippen LogP contribution in [0, 0.1) is 0 Å². The van der Waals surface area contributed by atoms with Gasteiger partial charge in [-0.3, -0.25) is 4.79 Å². The molecule has 1 saturated heterocycles. The van der Waals surface area contributed by atoms with Crippen molar-refractivity contribution in [3.63, 3.8) is 0 Å². The van der Waals surface area contributed by atoms with Crippen molar-refractivity contribution in [2.24, 2.45) is 0 Å². The molecule has 5 heteroatoms. The molecule has 0 aliphatic carbocycles. The summed E-state index contributed by atoms with van der Waals surface area (Å²) in [4.78, 5) is 13.8. The number of carbonyl (C=O) groups is 1. The maximum Gasteiger partial charge on any atom is 0.244 e. The highest BCUT2D eigenvalue weighted by Crippen LogP contribution is 2.24. The van der Waals surface area contributed by atoms with Crippen molar-refractivity contribution in [2.45, 2.75) is 12.6 Å². The molecule has 2 N–H and O–H groups in total. The molecule has 1 aromatic carbocycles. The number of rotatable bonds is 3. The molecule has 98 valence electrons. The number of para-hydroxylation sites is 1. The predicted molar refractivity (Wildman–Crippen MR) is 68.4 cm³/mol. The number of hydrogen-bond acceptors (Lipinski definition) is 4. The van der Waals surface area contributed by atoms with Crippen LogP contribution < -0.4 is 10.2 Å². The monoisotopic (exact) mass is 250 g/mol. The fourth-order valence-corrected chi connectivity index (χ4v) is 2.20. The van der Waals surface area contributed by atoms with Gasteiger partial charge in [-0.2, -0.15) is 0 Å². The van der Waals surface area contributed by atoms with E-state index in [0.717, 1.165) is 11.3 Å². The quantitative estimate of drug-likeness (QED) is 0.800. The zero-order valence-corrected chi connectivity index (χ0v) is 10.4. The number of carbonyl (C=O) groups excluding carboxylic acids is 1. The van der Waals surface area contributed by atoms with Crippen LogP contribution in [0.5, 0.6) is 0 Å². The number of aliphatic hydroxyl groups is 1. The van der Waals surface area contributed by atoms with Gasteiger partial charge in [0.2, 0.25) is 5.91 Å². The highest BCUT2D eigenvalue weighted by Gasteiger charge is 2.29. The summed E-state index contributed by atoms with van der Waals surface area (Å²) in [6, 6.07) is 7.24. The Morgan fingerprint density at radius 3 is 3.06 bits per heavy atom. The number of likely N-dealkylation sites (N-methyl/N-ethyl adjacent to an activating group) is 1. The molecular weight excluding hydrogens is 232 g/mol. The Hall–Kier alpha value is -1.59. The standard InChI is InChI=1S/C13H18N2O3/c1-14-13(17)12-9-18-7-6-15(12)11-5-3-2-4-10(11)8-16/h2-5,12,16H,6-9H2,1H3,(H,14,17). The predicted octanol–water partition coefficient (Wildman–Crippen LogP) is 0.130. The zero-order valence-electron chi connectivity index (χ0n) is 10.4. The first-order valence-corrected chi connectivity index (χ1v) is 6.02. The van der Waals surface area contributed by atoms with Crippen LogP contribution in [-0.4, -0.2) is 43.9 Å². The minimum Gasteiger partial charge on any atom is -0.392 e. The van der Waals surface area contributed by atoms with Crippen LogP contribution in [0.3, 0.4) is 0 Å². The number of nitrogens with one attached hydrogen (secondary N) is 1. The first-order chi connectivity index (χ1) is 8.77. The normalized spacial score (nSPS) is 19.7. The van der Waals surface area contributed by atoms with Gasteiger partial charge in [-0.1, -0.05) is 18.2 Å². The third-order valence-corrected chi connectivity index (χ3v) is 3.15. The summed E-state index contributed by atoms with van der Waals surface area (Å²) in [5.41, 5.74) is 1.73. The molecule has 18 heavy (non-hydrogen) atoms. The van der Waals surface area contributed by atoms with Crippen LogP contribution in [0.4, 0.5) is 5.69 Å². The summed E-state index contributed by atoms with van der Waals surface area (Å²) in [5.74, 6) is -0.0672. The second kappa shape index (κ2) is 5.84. The van der Waals surface area contributed by atoms with Crippen molar-refractivity contribution in [1.82, 2.24) is 5.32 Å². The smallest absolute Gasteiger partial charge is 0.244 e. The van der Waals surface area contributed by atoms with Gasteiger partial charge in [-0.05, 0) is 6.07 Å². The highest BCUT2D eigenvalue weighted by molar-refractivity contribution is 5.85. The van der Waals surface area contributed by atoms with Gasteiger partial charge in [0, 0.05) is 24.8 Å². The SMILES string of the molecule is CNC(=O)C1COCCN1c1ccccc1CO. The number of hydrogen-bond donors (Lipinski definition) is 2. The summed E-state index contributed by atoms with van der Waals surface area (Å²) < 4.78 is 5.37. The molecule has 1 atom stereocenters. The summed E-state index contributed by atoms with van der Waals surface area (Å²) >= 11 is 0. The molecule has 0 aromatic heterocycles. The van der Waals surface area contributed by atoms with Crippen molar-refractivity contribution in [3.8, 4) is 0 Å². The molecule has 1 amide bonds. The van der Waals surface area contributed by atoms with E-state index in [4.69, 9.17) is 4.74 Å². The Bertz CT molecular complexity index is 422. The lowest BCUT2D eigenvalue weighted by atomic mass is 10.1. The number of nitrogens with zero attached hydrogens (tertiary/aromatic N) is 1. The molecule has 1 fully saturated rings. The lowest BCUT2D eigenvalue weighted by Crippen LogP contribution is -2.53. The van der Waals surface area contributed by atoms with Crippen molar-refractivity contribution >= 4 is 11.6 Å². The zero-order chi connectivity index (χ0) is 13.0. The molecule has 1 aromatic rings. The first kappa shape index (κ1) is 12.9. The van der Waals surface area contributed by atoms with Crippen LogP contribution in [0.25, 0.3) is 0 Å². The topological polar surface area (TPSA) is 61.8 Å². The van der Waals surface area contributed by atoms with Crippen molar-refractivity contribution in [3.05, 3.63) is 29.8 Å². The number of morpholine rings is 1. The molecule has 0 saturated carbocycles. The number of ether oxygens (including phenoxy) is 1. The first-order valence-electron chi connectivity index (χ1n) is 6.02. The van der Waals surface area contributed by atoms with Crippen molar-refractivity contribution in [1.29, 1.82) is 0 Å². The van der Waals surface area contributed by atoms with Gasteiger partial charge >= 0.3 is 0 Å². The minimum atomic E-state index is -0.337. The molecular formula is C13H18N2O3. The van der Waals surface area contributed by atoms with E-state index < -0.39 is 0 Å². The average Bonchev–Trinajstić information content (AvgIpc) is 2.46. The van der Waals surface area contributed by atoms with E-state index >= 15 is 0 Å². The van der Waals surface area contributed by atoms with Crippen molar-refractivity contribution < 1.29 is 14.6 Å². The van der Waals surface area contributed by atoms with E-state index in [1.165, 1.54) is 0 Å². The van der Waals surface area contributed by atoms with Crippen LogP contribution in [0.15, 0.2) is 24.3 Å². The van der Waals surface area contributed by atoms with Gasteiger partial charge in [0.25, 0.3) is 0 Å². The van der Waals surface area contributed by atoms with Gasteiger partial charge in [-0.25, -0.2) is 0 Å². The minimum absolute atomic E-state index is 0.0337. The average molecular weight is 250 g/mol. The molecule has 1 aliphatic rings. The summed E-state index contributed by atoms with van der Waals surface area (Å²) in [5, 5.41) is 12.0. The van der Waals surface area contributed by atoms with E-state index in [1.807, 2.05) is 29.2 Å². The van der Waals surface area contributed by atoms with E-state index in [2.05, 4.69) is 5.32 Å². The molecule has 0 bridgehead atoms. The molecule has 0 radical (unpaired) electrons. The van der Waals surface area contributed by atoms with E-state index in [0.29, 0.717) is 19.8 Å². The number of benzene rings is 1. The number of aliphatic hydroxyl groups excluding tert-OH is 1. The Balaban J connectivity index is 2.30. The van der Waals surface area contributed by atoms with Crippen LogP contribution in [0.2, 0.25) is 0 Å². The molecule has 5 nitrogen and oxygen atoms in total. The van der Waals surface area contributed by atoms with Gasteiger partial charge in [-0.15, -0.1) is 0 Å². The Kier molecular flexibility index (Phi) is 4.17.